The molecule has 0 aliphatic carbocycles. The minimum Gasteiger partial charge on any atom is -0.408 e. The van der Waals surface area contributed by atoms with E-state index < -0.39 is 8.60 Å². The Hall–Kier alpha value is -7.19. The molecular formula is C99H129O3P. The van der Waals surface area contributed by atoms with E-state index >= 15 is 0 Å². The number of hydrogen-bond donors (Lipinski definition) is 0. The van der Waals surface area contributed by atoms with Gasteiger partial charge in [-0.25, -0.2) is 0 Å². The molecule has 103 heavy (non-hydrogen) atoms. The van der Waals surface area contributed by atoms with Crippen molar-refractivity contribution in [1.82, 2.24) is 0 Å². The summed E-state index contributed by atoms with van der Waals surface area (Å²) < 4.78 is 24.9. The second-order valence-corrected chi connectivity index (χ2v) is 35.6. The average molecular weight is 1400 g/mol. The Kier molecular flexibility index (Phi) is 26.0. The van der Waals surface area contributed by atoms with Gasteiger partial charge in [0.1, 0.15) is 17.2 Å². The SMILES string of the molecule is CC(C)c1ccc(-c2c(OP(Oc3ccc(C(C)C)c(-c4ccc(C(C)C)cc4C(C)C)c3-c3ccc(C(C)C)cc3C(C)C)Oc3ccc(C(C)C)c(-c4ccc(C(C)C)cc4C(C)C)c3-c3ccc(C(C)C)cc3C(C)C)ccc(C(C)C)c2-c2ccc(C(C)C)cc2C(C)C)c(C(C)C)c1. The van der Waals surface area contributed by atoms with Crippen LogP contribution in [0.3, 0.4) is 0 Å². The molecule has 9 aromatic rings. The number of benzene rings is 9. The van der Waals surface area contributed by atoms with Crippen LogP contribution in [0.1, 0.15) is 380 Å². The molecule has 0 aromatic heterocycles. The van der Waals surface area contributed by atoms with E-state index in [9.17, 15) is 0 Å². The van der Waals surface area contributed by atoms with E-state index in [0.717, 1.165) is 50.6 Å². The molecule has 0 heterocycles. The van der Waals surface area contributed by atoms with Crippen LogP contribution in [0.5, 0.6) is 17.2 Å². The Bertz CT molecular complexity index is 3990. The van der Waals surface area contributed by atoms with Gasteiger partial charge in [0.15, 0.2) is 0 Å². The lowest BCUT2D eigenvalue weighted by Gasteiger charge is -2.30. The van der Waals surface area contributed by atoms with Crippen molar-refractivity contribution >= 4 is 8.60 Å². The van der Waals surface area contributed by atoms with Crippen LogP contribution in [0.2, 0.25) is 0 Å². The number of rotatable bonds is 27. The molecule has 0 saturated carbocycles. The summed E-state index contributed by atoms with van der Waals surface area (Å²) >= 11 is 0. The Balaban J connectivity index is 1.52. The maximum atomic E-state index is 8.29. The second-order valence-electron chi connectivity index (χ2n) is 34.6. The van der Waals surface area contributed by atoms with Crippen molar-refractivity contribution in [1.29, 1.82) is 0 Å². The van der Waals surface area contributed by atoms with Crippen molar-refractivity contribution in [3.8, 4) is 84.0 Å². The molecule has 0 bridgehead atoms. The molecule has 0 aliphatic rings. The first-order chi connectivity index (χ1) is 48.5. The molecule has 0 unspecified atom stereocenters. The van der Waals surface area contributed by atoms with Gasteiger partial charge in [-0.1, -0.05) is 335 Å². The summed E-state index contributed by atoms with van der Waals surface area (Å²) in [4.78, 5) is 0. The Labute approximate surface area is 627 Å². The standard InChI is InChI=1S/C99H129O3P/c1-55(2)70-31-37-79(85(49-70)64(19)20)94-76(61(13)14)43-46-91(97(94)82-40-34-73(58(7)8)52-88(82)67(25)26)100-103(101-92-47-44-77(62(15)16)95(80-38-32-71(56(3)4)50-86(80)65(21)22)98(92)83-41-35-74(59(9)10)53-89(83)68(27)28)102-93-48-45-78(63(17)18)96(81-39-33-72(57(5)6)51-87(81)66(23)24)99(93)84-42-36-75(60(11)12)54-90(84)69(29)30/h31-69H,1-30H3. The van der Waals surface area contributed by atoms with Gasteiger partial charge in [0.25, 0.3) is 0 Å². The summed E-state index contributed by atoms with van der Waals surface area (Å²) in [6.45, 7) is 70.1. The summed E-state index contributed by atoms with van der Waals surface area (Å²) in [5.74, 6) is 6.03. The zero-order valence-electron chi connectivity index (χ0n) is 69.2. The lowest BCUT2D eigenvalue weighted by molar-refractivity contribution is 0.390. The third-order valence-corrected chi connectivity index (χ3v) is 22.8. The van der Waals surface area contributed by atoms with Crippen LogP contribution in [0.15, 0.2) is 146 Å². The van der Waals surface area contributed by atoms with Crippen molar-refractivity contribution in [2.24, 2.45) is 0 Å². The largest absolute Gasteiger partial charge is 0.530 e. The molecule has 548 valence electrons. The quantitative estimate of drug-likeness (QED) is 0.0480. The first-order valence-corrected chi connectivity index (χ1v) is 40.8. The first kappa shape index (κ1) is 79.9. The summed E-state index contributed by atoms with van der Waals surface area (Å²) in [5.41, 5.74) is 33.6. The average Bonchev–Trinajstić information content (AvgIpc) is 0.754. The summed E-state index contributed by atoms with van der Waals surface area (Å²) in [5, 5.41) is 0. The fourth-order valence-corrected chi connectivity index (χ4v) is 16.4. The zero-order chi connectivity index (χ0) is 75.6. The van der Waals surface area contributed by atoms with Crippen LogP contribution >= 0.6 is 8.60 Å². The molecule has 0 amide bonds. The van der Waals surface area contributed by atoms with Gasteiger partial charge in [0, 0.05) is 16.7 Å². The van der Waals surface area contributed by atoms with E-state index in [2.05, 4.69) is 353 Å². The molecule has 0 N–H and O–H groups in total. The number of hydrogen-bond acceptors (Lipinski definition) is 3. The molecule has 0 atom stereocenters. The van der Waals surface area contributed by atoms with Gasteiger partial charge in [0.2, 0.25) is 0 Å². The van der Waals surface area contributed by atoms with Crippen LogP contribution in [-0.4, -0.2) is 0 Å². The van der Waals surface area contributed by atoms with Crippen LogP contribution < -0.4 is 13.6 Å². The lowest BCUT2D eigenvalue weighted by atomic mass is 9.79. The highest BCUT2D eigenvalue weighted by atomic mass is 31.2. The van der Waals surface area contributed by atoms with Gasteiger partial charge in [-0.2, -0.15) is 0 Å². The van der Waals surface area contributed by atoms with Gasteiger partial charge >= 0.3 is 8.60 Å². The predicted molar refractivity (Wildman–Crippen MR) is 452 cm³/mol. The first-order valence-electron chi connectivity index (χ1n) is 39.7. The smallest absolute Gasteiger partial charge is 0.408 e. The van der Waals surface area contributed by atoms with E-state index in [1.165, 1.54) is 117 Å². The minimum atomic E-state index is -2.45. The molecule has 9 rings (SSSR count). The van der Waals surface area contributed by atoms with Crippen molar-refractivity contribution in [3.63, 3.8) is 0 Å². The van der Waals surface area contributed by atoms with E-state index in [4.69, 9.17) is 13.6 Å². The summed E-state index contributed by atoms with van der Waals surface area (Å²) in [6.07, 6.45) is 0. The third kappa shape index (κ3) is 17.2. The molecule has 0 radical (unpaired) electrons. The second kappa shape index (κ2) is 33.5. The van der Waals surface area contributed by atoms with Crippen LogP contribution in [0.4, 0.5) is 0 Å². The zero-order valence-corrected chi connectivity index (χ0v) is 70.1. The fourth-order valence-electron chi connectivity index (χ4n) is 15.3. The molecular weight excluding hydrogens is 1270 g/mol. The van der Waals surface area contributed by atoms with Crippen molar-refractivity contribution < 1.29 is 13.6 Å². The predicted octanol–water partition coefficient (Wildman–Crippen LogP) is 32.3. The van der Waals surface area contributed by atoms with Gasteiger partial charge < -0.3 is 13.6 Å². The van der Waals surface area contributed by atoms with Gasteiger partial charge in [-0.3, -0.25) is 0 Å². The molecule has 0 aliphatic heterocycles. The van der Waals surface area contributed by atoms with Crippen molar-refractivity contribution in [3.05, 3.63) is 229 Å². The van der Waals surface area contributed by atoms with Crippen LogP contribution in [-0.2, 0) is 0 Å². The van der Waals surface area contributed by atoms with Crippen molar-refractivity contribution in [2.75, 3.05) is 0 Å². The normalized spacial score (nSPS) is 12.4. The monoisotopic (exact) mass is 1400 g/mol. The highest BCUT2D eigenvalue weighted by Crippen LogP contribution is 2.59. The molecule has 0 spiro atoms. The molecule has 3 nitrogen and oxygen atoms in total. The van der Waals surface area contributed by atoms with E-state index in [1.807, 2.05) is 0 Å². The van der Waals surface area contributed by atoms with Gasteiger partial charge in [0.05, 0.1) is 0 Å². The van der Waals surface area contributed by atoms with Gasteiger partial charge in [-0.15, -0.1) is 0 Å². The van der Waals surface area contributed by atoms with E-state index in [0.29, 0.717) is 35.5 Å². The summed E-state index contributed by atoms with van der Waals surface area (Å²) in [6, 6.07) is 57.4. The highest BCUT2D eigenvalue weighted by molar-refractivity contribution is 7.43. The fraction of sp³-hybridized carbons (Fsp3) is 0.455. The maximum Gasteiger partial charge on any atom is 0.530 e. The summed E-state index contributed by atoms with van der Waals surface area (Å²) in [7, 11) is -2.45. The Morgan fingerprint density at radius 2 is 0.320 bits per heavy atom. The Morgan fingerprint density at radius 1 is 0.165 bits per heavy atom. The van der Waals surface area contributed by atoms with Crippen LogP contribution in [0, 0.1) is 0 Å². The molecule has 9 aromatic carbocycles. The Morgan fingerprint density at radius 3 is 0.466 bits per heavy atom. The van der Waals surface area contributed by atoms with Gasteiger partial charge in [-0.05, 0) is 240 Å². The molecule has 0 fully saturated rings. The van der Waals surface area contributed by atoms with Crippen LogP contribution in [0.25, 0.3) is 66.8 Å². The molecule has 0 saturated heterocycles. The van der Waals surface area contributed by atoms with E-state index in [-0.39, 0.29) is 53.3 Å². The highest BCUT2D eigenvalue weighted by Gasteiger charge is 2.35. The minimum absolute atomic E-state index is 0.171. The van der Waals surface area contributed by atoms with Crippen molar-refractivity contribution in [2.45, 2.75) is 296 Å². The lowest BCUT2D eigenvalue weighted by Crippen LogP contribution is -2.10. The third-order valence-electron chi connectivity index (χ3n) is 21.8. The topological polar surface area (TPSA) is 27.7 Å². The maximum absolute atomic E-state index is 8.29. The van der Waals surface area contributed by atoms with E-state index in [1.54, 1.807) is 0 Å². The molecule has 4 heteroatoms.